The van der Waals surface area contributed by atoms with Gasteiger partial charge in [-0.3, -0.25) is 23.9 Å². The Kier molecular flexibility index (Phi) is 8.17. The van der Waals surface area contributed by atoms with Crippen LogP contribution in [-0.4, -0.2) is 71.6 Å². The molecule has 1 aromatic heterocycles. The second-order valence-electron chi connectivity index (χ2n) is 8.50. The van der Waals surface area contributed by atoms with Gasteiger partial charge < -0.3 is 21.1 Å². The topological polar surface area (TPSA) is 132 Å². The van der Waals surface area contributed by atoms with Gasteiger partial charge in [-0.1, -0.05) is 11.6 Å². The summed E-state index contributed by atoms with van der Waals surface area (Å²) in [7, 11) is 1.68. The first-order valence-corrected chi connectivity index (χ1v) is 11.9. The monoisotopic (exact) mass is 528 g/mol. The predicted molar refractivity (Wildman–Crippen MR) is 136 cm³/mol. The van der Waals surface area contributed by atoms with E-state index < -0.39 is 23.5 Å². The number of imidazole rings is 1. The molecular formula is C25H26ClFN6O4. The molecular weight excluding hydrogens is 503 g/mol. The first-order chi connectivity index (χ1) is 17.8. The van der Waals surface area contributed by atoms with Crippen LogP contribution in [0.1, 0.15) is 37.8 Å². The number of carbonyl (C=O) groups excluding carboxylic acids is 3. The summed E-state index contributed by atoms with van der Waals surface area (Å²) in [6.45, 7) is 2.69. The van der Waals surface area contributed by atoms with Crippen molar-refractivity contribution in [3.05, 3.63) is 76.6 Å². The molecule has 1 atom stereocenters. The third-order valence-corrected chi connectivity index (χ3v) is 6.38. The van der Waals surface area contributed by atoms with Gasteiger partial charge >= 0.3 is 0 Å². The summed E-state index contributed by atoms with van der Waals surface area (Å²) < 4.78 is 20.1. The fourth-order valence-electron chi connectivity index (χ4n) is 4.12. The van der Waals surface area contributed by atoms with Crippen LogP contribution in [0.5, 0.6) is 0 Å². The molecule has 3 aromatic rings. The molecule has 0 saturated carbocycles. The van der Waals surface area contributed by atoms with Crippen LogP contribution < -0.4 is 16.4 Å². The van der Waals surface area contributed by atoms with Gasteiger partial charge in [-0.15, -0.1) is 0 Å². The highest BCUT2D eigenvalue weighted by atomic mass is 35.5. The highest BCUT2D eigenvalue weighted by Gasteiger charge is 2.25. The van der Waals surface area contributed by atoms with Crippen LogP contribution in [0.3, 0.4) is 0 Å². The van der Waals surface area contributed by atoms with Crippen LogP contribution in [-0.2, 0) is 4.74 Å². The highest BCUT2D eigenvalue weighted by molar-refractivity contribution is 6.34. The zero-order valence-electron chi connectivity index (χ0n) is 20.0. The van der Waals surface area contributed by atoms with Gasteiger partial charge in [0, 0.05) is 44.7 Å². The average Bonchev–Trinajstić information content (AvgIpc) is 3.52. The molecule has 0 spiro atoms. The van der Waals surface area contributed by atoms with Crippen molar-refractivity contribution in [2.45, 2.75) is 12.5 Å². The van der Waals surface area contributed by atoms with Crippen molar-refractivity contribution in [2.24, 2.45) is 5.73 Å². The van der Waals surface area contributed by atoms with E-state index in [1.54, 1.807) is 31.4 Å². The second kappa shape index (κ2) is 11.5. The number of carbonyl (C=O) groups is 3. The highest BCUT2D eigenvalue weighted by Crippen LogP contribution is 2.21. The number of hydrogen-bond donors (Lipinski definition) is 3. The van der Waals surface area contributed by atoms with Crippen LogP contribution in [0.2, 0.25) is 5.02 Å². The first kappa shape index (κ1) is 26.3. The van der Waals surface area contributed by atoms with E-state index >= 15 is 0 Å². The Morgan fingerprint density at radius 2 is 1.95 bits per heavy atom. The maximum Gasteiger partial charge on any atom is 0.270 e. The van der Waals surface area contributed by atoms with Crippen LogP contribution in [0.15, 0.2) is 48.8 Å². The molecule has 1 aliphatic heterocycles. The number of hydrogen-bond acceptors (Lipinski definition) is 6. The standard InChI is InChI=1S/C25H26ClFN6O4/c1-37-18-8-10-32(13-18)11-9-29-25(36)22-21(23(28)34)30-14-33(22)17-5-3-16(4-6-17)31-24(35)19-7-2-15(27)12-20(19)26/h2-7,12,14,18H,8-11,13H2,1H3,(H2,28,34)(H,29,36)(H,31,35). The lowest BCUT2D eigenvalue weighted by molar-refractivity contribution is 0.0921. The number of anilines is 1. The molecule has 194 valence electrons. The summed E-state index contributed by atoms with van der Waals surface area (Å²) in [5.41, 5.74) is 6.40. The van der Waals surface area contributed by atoms with Gasteiger partial charge in [-0.05, 0) is 48.9 Å². The summed E-state index contributed by atoms with van der Waals surface area (Å²) in [6, 6.07) is 9.99. The molecule has 0 aliphatic carbocycles. The second-order valence-corrected chi connectivity index (χ2v) is 8.91. The minimum atomic E-state index is -0.827. The number of primary amides is 1. The molecule has 0 bridgehead atoms. The number of benzene rings is 2. The smallest absolute Gasteiger partial charge is 0.270 e. The lowest BCUT2D eigenvalue weighted by Crippen LogP contribution is -2.36. The van der Waals surface area contributed by atoms with Crippen LogP contribution in [0, 0.1) is 5.82 Å². The number of nitrogens with two attached hydrogens (primary N) is 1. The number of rotatable bonds is 9. The van der Waals surface area contributed by atoms with E-state index in [0.29, 0.717) is 24.5 Å². The van der Waals surface area contributed by atoms with Gasteiger partial charge in [-0.25, -0.2) is 9.37 Å². The van der Waals surface area contributed by atoms with Gasteiger partial charge in [0.25, 0.3) is 17.7 Å². The quantitative estimate of drug-likeness (QED) is 0.391. The van der Waals surface area contributed by atoms with Crippen LogP contribution in [0.4, 0.5) is 10.1 Å². The van der Waals surface area contributed by atoms with Crippen molar-refractivity contribution in [1.29, 1.82) is 0 Å². The number of halogens is 2. The van der Waals surface area contributed by atoms with Crippen molar-refractivity contribution < 1.29 is 23.5 Å². The fraction of sp³-hybridized carbons (Fsp3) is 0.280. The Morgan fingerprint density at radius 1 is 1.19 bits per heavy atom. The molecule has 1 saturated heterocycles. The Bertz CT molecular complexity index is 1310. The summed E-state index contributed by atoms with van der Waals surface area (Å²) >= 11 is 5.96. The molecule has 12 heteroatoms. The number of methoxy groups -OCH3 is 1. The van der Waals surface area contributed by atoms with Gasteiger partial charge in [-0.2, -0.15) is 0 Å². The molecule has 2 heterocycles. The van der Waals surface area contributed by atoms with E-state index in [4.69, 9.17) is 22.1 Å². The summed E-state index contributed by atoms with van der Waals surface area (Å²) in [6.07, 6.45) is 2.47. The van der Waals surface area contributed by atoms with Crippen LogP contribution in [0.25, 0.3) is 5.69 Å². The minimum Gasteiger partial charge on any atom is -0.380 e. The lowest BCUT2D eigenvalue weighted by atomic mass is 10.2. The average molecular weight is 529 g/mol. The SMILES string of the molecule is COC1CCN(CCNC(=O)c2c(C(N)=O)ncn2-c2ccc(NC(=O)c3ccc(F)cc3Cl)cc2)C1. The van der Waals surface area contributed by atoms with Gasteiger partial charge in [0.2, 0.25) is 0 Å². The Morgan fingerprint density at radius 3 is 2.59 bits per heavy atom. The molecule has 4 N–H and O–H groups in total. The normalized spacial score (nSPS) is 15.5. The summed E-state index contributed by atoms with van der Waals surface area (Å²) in [5.74, 6) is -2.37. The fourth-order valence-corrected chi connectivity index (χ4v) is 4.38. The number of aromatic nitrogens is 2. The number of likely N-dealkylation sites (tertiary alicyclic amines) is 1. The van der Waals surface area contributed by atoms with E-state index in [1.165, 1.54) is 17.0 Å². The largest absolute Gasteiger partial charge is 0.380 e. The third kappa shape index (κ3) is 6.13. The molecule has 1 fully saturated rings. The van der Waals surface area contributed by atoms with Crippen molar-refractivity contribution in [3.63, 3.8) is 0 Å². The molecule has 2 aromatic carbocycles. The maximum atomic E-state index is 13.3. The van der Waals surface area contributed by atoms with Crippen molar-refractivity contribution in [1.82, 2.24) is 19.8 Å². The van der Waals surface area contributed by atoms with Gasteiger partial charge in [0.15, 0.2) is 5.69 Å². The van der Waals surface area contributed by atoms with E-state index in [1.807, 2.05) is 0 Å². The maximum absolute atomic E-state index is 13.3. The molecule has 3 amide bonds. The van der Waals surface area contributed by atoms with Crippen molar-refractivity contribution >= 4 is 35.0 Å². The van der Waals surface area contributed by atoms with Gasteiger partial charge in [0.05, 0.1) is 16.7 Å². The van der Waals surface area contributed by atoms with Crippen molar-refractivity contribution in [2.75, 3.05) is 38.6 Å². The predicted octanol–water partition coefficient (Wildman–Crippen LogP) is 2.47. The lowest BCUT2D eigenvalue weighted by Gasteiger charge is -2.16. The summed E-state index contributed by atoms with van der Waals surface area (Å²) in [4.78, 5) is 43.7. The Labute approximate surface area is 217 Å². The molecule has 1 aliphatic rings. The number of nitrogens with zero attached hydrogens (tertiary/aromatic N) is 3. The number of nitrogens with one attached hydrogen (secondary N) is 2. The summed E-state index contributed by atoms with van der Waals surface area (Å²) in [5, 5.41) is 5.50. The third-order valence-electron chi connectivity index (χ3n) is 6.07. The molecule has 37 heavy (non-hydrogen) atoms. The van der Waals surface area contributed by atoms with E-state index in [2.05, 4.69) is 20.5 Å². The molecule has 4 rings (SSSR count). The number of amides is 3. The zero-order valence-corrected chi connectivity index (χ0v) is 20.8. The molecule has 10 nitrogen and oxygen atoms in total. The van der Waals surface area contributed by atoms with Crippen LogP contribution >= 0.6 is 11.6 Å². The number of ether oxygens (including phenoxy) is 1. The Balaban J connectivity index is 1.46. The van der Waals surface area contributed by atoms with E-state index in [0.717, 1.165) is 31.6 Å². The Hall–Kier alpha value is -3.80. The first-order valence-electron chi connectivity index (χ1n) is 11.5. The minimum absolute atomic E-state index is 0.00887. The molecule has 1 unspecified atom stereocenters. The van der Waals surface area contributed by atoms with E-state index in [-0.39, 0.29) is 28.1 Å². The van der Waals surface area contributed by atoms with Gasteiger partial charge in [0.1, 0.15) is 17.8 Å². The zero-order chi connectivity index (χ0) is 26.5. The van der Waals surface area contributed by atoms with Crippen molar-refractivity contribution in [3.8, 4) is 5.69 Å². The molecule has 0 radical (unpaired) electrons. The van der Waals surface area contributed by atoms with E-state index in [9.17, 15) is 18.8 Å².